The number of nitrogen functional groups attached to an aromatic ring is 1. The summed E-state index contributed by atoms with van der Waals surface area (Å²) in [6.07, 6.45) is -0.979. The first kappa shape index (κ1) is 18.3. The van der Waals surface area contributed by atoms with Gasteiger partial charge in [-0.1, -0.05) is 36.7 Å². The summed E-state index contributed by atoms with van der Waals surface area (Å²) in [5.74, 6) is -0.585. The number of halogens is 1. The normalized spacial score (nSPS) is 12.6. The van der Waals surface area contributed by atoms with Crippen LogP contribution in [0.4, 0.5) is 11.4 Å². The van der Waals surface area contributed by atoms with Gasteiger partial charge in [-0.2, -0.15) is 8.42 Å². The lowest BCUT2D eigenvalue weighted by Gasteiger charge is -2.16. The third kappa shape index (κ3) is 4.47. The Balaban J connectivity index is 2.13. The van der Waals surface area contributed by atoms with Gasteiger partial charge in [-0.15, -0.1) is 0 Å². The molecule has 0 radical (unpaired) electrons. The topological polar surface area (TPSA) is 98.5 Å². The predicted molar refractivity (Wildman–Crippen MR) is 93.3 cm³/mol. The van der Waals surface area contributed by atoms with Crippen molar-refractivity contribution in [2.75, 3.05) is 11.1 Å². The van der Waals surface area contributed by atoms with Crippen molar-refractivity contribution in [2.24, 2.45) is 0 Å². The average Bonchev–Trinajstić information content (AvgIpc) is 2.57. The molecule has 24 heavy (non-hydrogen) atoms. The van der Waals surface area contributed by atoms with Crippen LogP contribution < -0.4 is 11.1 Å². The van der Waals surface area contributed by atoms with Gasteiger partial charge in [0.25, 0.3) is 16.0 Å². The third-order valence-electron chi connectivity index (χ3n) is 3.21. The molecule has 0 aliphatic carbocycles. The zero-order chi connectivity index (χ0) is 17.7. The van der Waals surface area contributed by atoms with Crippen molar-refractivity contribution in [3.63, 3.8) is 0 Å². The van der Waals surface area contributed by atoms with Gasteiger partial charge < -0.3 is 11.1 Å². The molecular weight excluding hydrogens is 352 g/mol. The number of nitrogens with two attached hydrogens (primary N) is 1. The van der Waals surface area contributed by atoms with Crippen molar-refractivity contribution in [1.29, 1.82) is 0 Å². The molecule has 1 atom stereocenters. The van der Waals surface area contributed by atoms with E-state index in [1.54, 1.807) is 37.3 Å². The highest BCUT2D eigenvalue weighted by atomic mass is 35.5. The molecule has 0 aliphatic heterocycles. The Labute approximate surface area is 145 Å². The molecule has 0 bridgehead atoms. The third-order valence-corrected chi connectivity index (χ3v) is 4.87. The highest BCUT2D eigenvalue weighted by Gasteiger charge is 2.26. The fourth-order valence-corrected chi connectivity index (χ4v) is 3.23. The van der Waals surface area contributed by atoms with E-state index in [0.29, 0.717) is 16.4 Å². The number of hydrogen-bond donors (Lipinski definition) is 2. The molecule has 0 aliphatic rings. The van der Waals surface area contributed by atoms with Gasteiger partial charge >= 0.3 is 0 Å². The van der Waals surface area contributed by atoms with Crippen molar-refractivity contribution in [2.45, 2.75) is 24.3 Å². The Morgan fingerprint density at radius 2 is 1.92 bits per heavy atom. The molecule has 3 N–H and O–H groups in total. The van der Waals surface area contributed by atoms with E-state index in [4.69, 9.17) is 21.5 Å². The summed E-state index contributed by atoms with van der Waals surface area (Å²) in [5.41, 5.74) is 6.39. The molecular formula is C16H17ClN2O4S. The SMILES string of the molecule is CC[C@@H](OS(=O)(=O)c1ccccc1)C(=O)Nc1ccc(N)c(Cl)c1. The number of anilines is 2. The van der Waals surface area contributed by atoms with E-state index in [0.717, 1.165) is 0 Å². The second kappa shape index (κ2) is 7.65. The van der Waals surface area contributed by atoms with Gasteiger partial charge in [0.05, 0.1) is 15.6 Å². The van der Waals surface area contributed by atoms with Gasteiger partial charge in [-0.25, -0.2) is 0 Å². The van der Waals surface area contributed by atoms with Crippen LogP contribution in [0.25, 0.3) is 0 Å². The number of amides is 1. The number of nitrogens with one attached hydrogen (secondary N) is 1. The van der Waals surface area contributed by atoms with Crippen molar-refractivity contribution < 1.29 is 17.4 Å². The number of benzene rings is 2. The van der Waals surface area contributed by atoms with Crippen LogP contribution in [0, 0.1) is 0 Å². The molecule has 2 aromatic rings. The molecule has 0 fully saturated rings. The van der Waals surface area contributed by atoms with Gasteiger partial charge in [0.2, 0.25) is 0 Å². The van der Waals surface area contributed by atoms with E-state index in [1.165, 1.54) is 18.2 Å². The molecule has 0 aromatic heterocycles. The fraction of sp³-hybridized carbons (Fsp3) is 0.188. The molecule has 0 heterocycles. The Kier molecular flexibility index (Phi) is 5.82. The van der Waals surface area contributed by atoms with E-state index >= 15 is 0 Å². The van der Waals surface area contributed by atoms with E-state index in [9.17, 15) is 13.2 Å². The van der Waals surface area contributed by atoms with Gasteiger partial charge in [-0.05, 0) is 36.8 Å². The Morgan fingerprint density at radius 3 is 2.50 bits per heavy atom. The minimum absolute atomic E-state index is 0.00761. The van der Waals surface area contributed by atoms with Crippen LogP contribution in [-0.4, -0.2) is 20.4 Å². The fourth-order valence-electron chi connectivity index (χ4n) is 1.92. The summed E-state index contributed by atoms with van der Waals surface area (Å²) in [4.78, 5) is 12.3. The summed E-state index contributed by atoms with van der Waals surface area (Å²) in [6.45, 7) is 1.65. The maximum atomic E-state index is 12.3. The highest BCUT2D eigenvalue weighted by molar-refractivity contribution is 7.86. The summed E-state index contributed by atoms with van der Waals surface area (Å²) in [6, 6.07) is 12.2. The van der Waals surface area contributed by atoms with Crippen LogP contribution in [0.2, 0.25) is 5.02 Å². The molecule has 2 aromatic carbocycles. The second-order valence-corrected chi connectivity index (χ2v) is 6.97. The number of carbonyl (C=O) groups is 1. The summed E-state index contributed by atoms with van der Waals surface area (Å²) in [7, 11) is -4.03. The van der Waals surface area contributed by atoms with Crippen molar-refractivity contribution in [3.8, 4) is 0 Å². The smallest absolute Gasteiger partial charge is 0.297 e. The minimum atomic E-state index is -4.03. The average molecular weight is 369 g/mol. The molecule has 6 nitrogen and oxygen atoms in total. The lowest BCUT2D eigenvalue weighted by atomic mass is 10.2. The van der Waals surface area contributed by atoms with Crippen molar-refractivity contribution in [3.05, 3.63) is 53.6 Å². The standard InChI is InChI=1S/C16H17ClN2O4S/c1-2-15(23-24(21,22)12-6-4-3-5-7-12)16(20)19-11-8-9-14(18)13(17)10-11/h3-10,15H,2,18H2,1H3,(H,19,20)/t15-/m1/s1. The van der Waals surface area contributed by atoms with Crippen LogP contribution in [0.5, 0.6) is 0 Å². The maximum Gasteiger partial charge on any atom is 0.297 e. The first-order chi connectivity index (χ1) is 11.3. The molecule has 1 amide bonds. The van der Waals surface area contributed by atoms with Gasteiger partial charge in [-0.3, -0.25) is 8.98 Å². The zero-order valence-corrected chi connectivity index (χ0v) is 14.5. The molecule has 0 saturated heterocycles. The molecule has 0 saturated carbocycles. The minimum Gasteiger partial charge on any atom is -0.398 e. The lowest BCUT2D eigenvalue weighted by molar-refractivity contribution is -0.122. The lowest BCUT2D eigenvalue weighted by Crippen LogP contribution is -2.32. The number of hydrogen-bond acceptors (Lipinski definition) is 5. The van der Waals surface area contributed by atoms with Gasteiger partial charge in [0, 0.05) is 5.69 Å². The monoisotopic (exact) mass is 368 g/mol. The van der Waals surface area contributed by atoms with Gasteiger partial charge in [0.1, 0.15) is 0 Å². The maximum absolute atomic E-state index is 12.3. The summed E-state index contributed by atoms with van der Waals surface area (Å²) >= 11 is 5.89. The van der Waals surface area contributed by atoms with Crippen LogP contribution in [-0.2, 0) is 19.1 Å². The van der Waals surface area contributed by atoms with E-state index in [2.05, 4.69) is 5.32 Å². The van der Waals surface area contributed by atoms with E-state index in [-0.39, 0.29) is 11.3 Å². The van der Waals surface area contributed by atoms with Crippen molar-refractivity contribution >= 4 is 39.0 Å². The van der Waals surface area contributed by atoms with Crippen LogP contribution in [0.3, 0.4) is 0 Å². The van der Waals surface area contributed by atoms with Crippen LogP contribution in [0.1, 0.15) is 13.3 Å². The number of carbonyl (C=O) groups excluding carboxylic acids is 1. The zero-order valence-electron chi connectivity index (χ0n) is 12.9. The Bertz CT molecular complexity index is 825. The molecule has 8 heteroatoms. The first-order valence-electron chi connectivity index (χ1n) is 7.17. The second-order valence-electron chi connectivity index (χ2n) is 4.99. The predicted octanol–water partition coefficient (Wildman–Crippen LogP) is 3.04. The Hall–Kier alpha value is -2.09. The van der Waals surface area contributed by atoms with Gasteiger partial charge in [0.15, 0.2) is 6.10 Å². The largest absolute Gasteiger partial charge is 0.398 e. The molecule has 0 spiro atoms. The van der Waals surface area contributed by atoms with E-state index < -0.39 is 22.1 Å². The van der Waals surface area contributed by atoms with E-state index in [1.807, 2.05) is 0 Å². The van der Waals surface area contributed by atoms with Crippen molar-refractivity contribution in [1.82, 2.24) is 0 Å². The number of rotatable bonds is 6. The summed E-state index contributed by atoms with van der Waals surface area (Å²) < 4.78 is 29.5. The first-order valence-corrected chi connectivity index (χ1v) is 8.96. The molecule has 2 rings (SSSR count). The van der Waals surface area contributed by atoms with Crippen LogP contribution in [0.15, 0.2) is 53.4 Å². The Morgan fingerprint density at radius 1 is 1.25 bits per heavy atom. The molecule has 128 valence electrons. The quantitative estimate of drug-likeness (QED) is 0.603. The van der Waals surface area contributed by atoms with Crippen LogP contribution >= 0.6 is 11.6 Å². The summed E-state index contributed by atoms with van der Waals surface area (Å²) in [5, 5.41) is 2.86. The highest BCUT2D eigenvalue weighted by Crippen LogP contribution is 2.23. The molecule has 0 unspecified atom stereocenters.